The lowest BCUT2D eigenvalue weighted by molar-refractivity contribution is 0.750. The Morgan fingerprint density at radius 1 is 1.47 bits per heavy atom. The molecule has 1 aromatic heterocycles. The van der Waals surface area contributed by atoms with Crippen LogP contribution < -0.4 is 4.90 Å². The fourth-order valence-corrected chi connectivity index (χ4v) is 1.74. The second-order valence-electron chi connectivity index (χ2n) is 3.73. The summed E-state index contributed by atoms with van der Waals surface area (Å²) in [7, 11) is 2.06. The van der Waals surface area contributed by atoms with Crippen LogP contribution in [0.15, 0.2) is 12.4 Å². The monoisotopic (exact) mass is 271 g/mol. The van der Waals surface area contributed by atoms with Crippen molar-refractivity contribution in [2.24, 2.45) is 0 Å². The Kier molecular flexibility index (Phi) is 5.02. The number of halogens is 1. The molecular weight excluding hydrogens is 254 g/mol. The zero-order valence-corrected chi connectivity index (χ0v) is 11.2. The molecular formula is C11H18BrN3. The molecule has 1 unspecified atom stereocenters. The minimum Gasteiger partial charge on any atom is -0.356 e. The van der Waals surface area contributed by atoms with Crippen LogP contribution in [0.2, 0.25) is 0 Å². The van der Waals surface area contributed by atoms with Crippen molar-refractivity contribution in [2.45, 2.75) is 32.7 Å². The highest BCUT2D eigenvalue weighted by atomic mass is 79.9. The van der Waals surface area contributed by atoms with Gasteiger partial charge in [0.05, 0.1) is 0 Å². The maximum Gasteiger partial charge on any atom is 0.132 e. The van der Waals surface area contributed by atoms with Crippen molar-refractivity contribution in [3.05, 3.63) is 18.1 Å². The van der Waals surface area contributed by atoms with E-state index in [1.807, 2.05) is 0 Å². The number of aryl methyl sites for hydroxylation is 1. The molecule has 0 saturated carbocycles. The van der Waals surface area contributed by atoms with E-state index in [9.17, 15) is 0 Å². The second-order valence-corrected chi connectivity index (χ2v) is 4.38. The minimum absolute atomic E-state index is 0.439. The lowest BCUT2D eigenvalue weighted by atomic mass is 10.2. The summed E-state index contributed by atoms with van der Waals surface area (Å²) in [4.78, 5) is 10.7. The van der Waals surface area contributed by atoms with Gasteiger partial charge in [-0.1, -0.05) is 29.3 Å². The van der Waals surface area contributed by atoms with Gasteiger partial charge >= 0.3 is 0 Å². The predicted molar refractivity (Wildman–Crippen MR) is 67.7 cm³/mol. The molecule has 0 aliphatic heterocycles. The van der Waals surface area contributed by atoms with Crippen molar-refractivity contribution >= 4 is 21.7 Å². The van der Waals surface area contributed by atoms with Gasteiger partial charge in [-0.25, -0.2) is 9.97 Å². The van der Waals surface area contributed by atoms with Crippen molar-refractivity contribution in [1.29, 1.82) is 0 Å². The first-order valence-electron chi connectivity index (χ1n) is 5.28. The van der Waals surface area contributed by atoms with Crippen molar-refractivity contribution in [3.63, 3.8) is 0 Å². The van der Waals surface area contributed by atoms with Crippen LogP contribution in [-0.4, -0.2) is 28.4 Å². The number of aromatic nitrogens is 2. The van der Waals surface area contributed by atoms with Gasteiger partial charge in [-0.3, -0.25) is 0 Å². The van der Waals surface area contributed by atoms with Gasteiger partial charge in [-0.2, -0.15) is 0 Å². The molecule has 15 heavy (non-hydrogen) atoms. The standard InChI is InChI=1S/C11H18BrN3/c1-4-5-10-6-11(14-8-13-10)15(3)9(2)7-12/h6,8-9H,4-5,7H2,1-3H3. The fraction of sp³-hybridized carbons (Fsp3) is 0.636. The molecule has 0 radical (unpaired) electrons. The third-order valence-electron chi connectivity index (χ3n) is 2.46. The molecule has 84 valence electrons. The lowest BCUT2D eigenvalue weighted by Gasteiger charge is -2.24. The van der Waals surface area contributed by atoms with E-state index < -0.39 is 0 Å². The molecule has 0 aliphatic carbocycles. The summed E-state index contributed by atoms with van der Waals surface area (Å²) in [6.45, 7) is 4.32. The Hall–Kier alpha value is -0.640. The normalized spacial score (nSPS) is 12.5. The summed E-state index contributed by atoms with van der Waals surface area (Å²) in [5.41, 5.74) is 1.12. The van der Waals surface area contributed by atoms with E-state index in [-0.39, 0.29) is 0 Å². The van der Waals surface area contributed by atoms with Gasteiger partial charge < -0.3 is 4.90 Å². The summed E-state index contributed by atoms with van der Waals surface area (Å²) in [6, 6.07) is 2.51. The van der Waals surface area contributed by atoms with Crippen LogP contribution in [0, 0.1) is 0 Å². The summed E-state index contributed by atoms with van der Waals surface area (Å²) in [5, 5.41) is 0.941. The highest BCUT2D eigenvalue weighted by Gasteiger charge is 2.10. The first kappa shape index (κ1) is 12.4. The molecule has 0 amide bonds. The first-order valence-corrected chi connectivity index (χ1v) is 6.40. The molecule has 1 aromatic rings. The van der Waals surface area contributed by atoms with Gasteiger partial charge in [0, 0.05) is 30.2 Å². The van der Waals surface area contributed by atoms with Crippen LogP contribution in [0.25, 0.3) is 0 Å². The highest BCUT2D eigenvalue weighted by molar-refractivity contribution is 9.09. The van der Waals surface area contributed by atoms with E-state index in [0.29, 0.717) is 6.04 Å². The minimum atomic E-state index is 0.439. The molecule has 1 atom stereocenters. The number of hydrogen-bond acceptors (Lipinski definition) is 3. The largest absolute Gasteiger partial charge is 0.356 e. The Bertz CT molecular complexity index is 304. The predicted octanol–water partition coefficient (Wildman–Crippen LogP) is 2.65. The van der Waals surface area contributed by atoms with Gasteiger partial charge in [-0.15, -0.1) is 0 Å². The lowest BCUT2D eigenvalue weighted by Crippen LogP contribution is -2.30. The van der Waals surface area contributed by atoms with E-state index >= 15 is 0 Å². The van der Waals surface area contributed by atoms with Crippen molar-refractivity contribution in [2.75, 3.05) is 17.3 Å². The molecule has 1 rings (SSSR count). The zero-order valence-electron chi connectivity index (χ0n) is 9.57. The molecule has 0 fully saturated rings. The van der Waals surface area contributed by atoms with Gasteiger partial charge in [0.1, 0.15) is 12.1 Å². The average Bonchev–Trinajstić information content (AvgIpc) is 2.28. The van der Waals surface area contributed by atoms with Crippen LogP contribution in [0.1, 0.15) is 26.0 Å². The Morgan fingerprint density at radius 3 is 2.80 bits per heavy atom. The van der Waals surface area contributed by atoms with Gasteiger partial charge in [0.15, 0.2) is 0 Å². The van der Waals surface area contributed by atoms with E-state index in [4.69, 9.17) is 0 Å². The van der Waals surface area contributed by atoms with Crippen LogP contribution >= 0.6 is 15.9 Å². The number of alkyl halides is 1. The molecule has 0 aliphatic rings. The van der Waals surface area contributed by atoms with E-state index in [2.05, 4.69) is 57.8 Å². The number of rotatable bonds is 5. The Labute approximate surface area is 100 Å². The van der Waals surface area contributed by atoms with Crippen LogP contribution in [0.4, 0.5) is 5.82 Å². The quantitative estimate of drug-likeness (QED) is 0.772. The molecule has 0 spiro atoms. The van der Waals surface area contributed by atoms with Crippen LogP contribution in [0.5, 0.6) is 0 Å². The molecule has 3 nitrogen and oxygen atoms in total. The average molecular weight is 272 g/mol. The number of hydrogen-bond donors (Lipinski definition) is 0. The van der Waals surface area contributed by atoms with E-state index in [0.717, 1.165) is 29.7 Å². The summed E-state index contributed by atoms with van der Waals surface area (Å²) in [6.07, 6.45) is 3.79. The summed E-state index contributed by atoms with van der Waals surface area (Å²) >= 11 is 3.48. The van der Waals surface area contributed by atoms with Gasteiger partial charge in [-0.05, 0) is 13.3 Å². The van der Waals surface area contributed by atoms with Gasteiger partial charge in [0.25, 0.3) is 0 Å². The molecule has 0 N–H and O–H groups in total. The third kappa shape index (κ3) is 3.45. The second kappa shape index (κ2) is 6.05. The molecule has 1 heterocycles. The van der Waals surface area contributed by atoms with E-state index in [1.165, 1.54) is 0 Å². The molecule has 0 saturated heterocycles. The van der Waals surface area contributed by atoms with Crippen molar-refractivity contribution in [3.8, 4) is 0 Å². The summed E-state index contributed by atoms with van der Waals surface area (Å²) in [5.74, 6) is 1.00. The molecule has 0 bridgehead atoms. The maximum atomic E-state index is 4.28. The van der Waals surface area contributed by atoms with Crippen LogP contribution in [0.3, 0.4) is 0 Å². The molecule has 4 heteroatoms. The first-order chi connectivity index (χ1) is 7.19. The summed E-state index contributed by atoms with van der Waals surface area (Å²) < 4.78 is 0. The van der Waals surface area contributed by atoms with Crippen molar-refractivity contribution in [1.82, 2.24) is 9.97 Å². The van der Waals surface area contributed by atoms with Crippen molar-refractivity contribution < 1.29 is 0 Å². The SMILES string of the molecule is CCCc1cc(N(C)C(C)CBr)ncn1. The van der Waals surface area contributed by atoms with E-state index in [1.54, 1.807) is 6.33 Å². The third-order valence-corrected chi connectivity index (χ3v) is 3.40. The van der Waals surface area contributed by atoms with Gasteiger partial charge in [0.2, 0.25) is 0 Å². The topological polar surface area (TPSA) is 29.0 Å². The Morgan fingerprint density at radius 2 is 2.20 bits per heavy atom. The highest BCUT2D eigenvalue weighted by Crippen LogP contribution is 2.14. The maximum absolute atomic E-state index is 4.28. The Balaban J connectivity index is 2.80. The number of nitrogens with zero attached hydrogens (tertiary/aromatic N) is 3. The van der Waals surface area contributed by atoms with Crippen LogP contribution in [-0.2, 0) is 6.42 Å². The number of anilines is 1. The smallest absolute Gasteiger partial charge is 0.132 e. The zero-order chi connectivity index (χ0) is 11.3. The molecule has 0 aromatic carbocycles. The fourth-order valence-electron chi connectivity index (χ4n) is 1.30.